The first kappa shape index (κ1) is 10.1. The lowest BCUT2D eigenvalue weighted by Gasteiger charge is -2.56. The number of hydrogen-bond acceptors (Lipinski definition) is 3. The molecule has 1 aliphatic carbocycles. The maximum atomic E-state index is 6.22. The third-order valence-corrected chi connectivity index (χ3v) is 4.51. The highest BCUT2D eigenvalue weighted by Crippen LogP contribution is 2.43. The van der Waals surface area contributed by atoms with Gasteiger partial charge in [0.2, 0.25) is 0 Å². The SMILES string of the molecule is CCCC1CN(C2C(N)C3CCOC32)C1. The Morgan fingerprint density at radius 1 is 1.40 bits per heavy atom. The molecule has 0 spiro atoms. The van der Waals surface area contributed by atoms with Gasteiger partial charge in [0.25, 0.3) is 0 Å². The highest BCUT2D eigenvalue weighted by atomic mass is 16.5. The lowest BCUT2D eigenvalue weighted by Crippen LogP contribution is -2.72. The molecular weight excluding hydrogens is 188 g/mol. The van der Waals surface area contributed by atoms with E-state index in [0.29, 0.717) is 24.1 Å². The molecule has 2 N–H and O–H groups in total. The summed E-state index contributed by atoms with van der Waals surface area (Å²) < 4.78 is 5.77. The Morgan fingerprint density at radius 3 is 2.93 bits per heavy atom. The number of nitrogens with zero attached hydrogens (tertiary/aromatic N) is 1. The molecular formula is C12H22N2O. The third kappa shape index (κ3) is 1.44. The van der Waals surface area contributed by atoms with E-state index in [1.54, 1.807) is 0 Å². The van der Waals surface area contributed by atoms with Crippen molar-refractivity contribution in [2.75, 3.05) is 19.7 Å². The molecule has 86 valence electrons. The fourth-order valence-corrected chi connectivity index (χ4v) is 3.61. The first-order valence-corrected chi connectivity index (χ1v) is 6.42. The molecule has 2 heterocycles. The second-order valence-corrected chi connectivity index (χ2v) is 5.46. The summed E-state index contributed by atoms with van der Waals surface area (Å²) in [5.74, 6) is 1.60. The standard InChI is InChI=1S/C12H22N2O/c1-2-3-8-6-14(7-8)11-10(13)9-4-5-15-12(9)11/h8-12H,2-7,13H2,1H3. The van der Waals surface area contributed by atoms with Crippen molar-refractivity contribution in [1.29, 1.82) is 0 Å². The van der Waals surface area contributed by atoms with Crippen LogP contribution in [0.2, 0.25) is 0 Å². The van der Waals surface area contributed by atoms with Crippen molar-refractivity contribution in [3.05, 3.63) is 0 Å². The van der Waals surface area contributed by atoms with Crippen molar-refractivity contribution in [2.24, 2.45) is 17.6 Å². The fraction of sp³-hybridized carbons (Fsp3) is 1.00. The third-order valence-electron chi connectivity index (χ3n) is 4.51. The van der Waals surface area contributed by atoms with Crippen molar-refractivity contribution < 1.29 is 4.74 Å². The van der Waals surface area contributed by atoms with Crippen LogP contribution in [0.25, 0.3) is 0 Å². The molecule has 2 saturated heterocycles. The van der Waals surface area contributed by atoms with Gasteiger partial charge in [-0.2, -0.15) is 0 Å². The number of ether oxygens (including phenoxy) is 1. The maximum absolute atomic E-state index is 6.22. The van der Waals surface area contributed by atoms with Gasteiger partial charge in [0, 0.05) is 31.7 Å². The Bertz CT molecular complexity index is 240. The van der Waals surface area contributed by atoms with Gasteiger partial charge in [0.05, 0.1) is 12.1 Å². The van der Waals surface area contributed by atoms with Gasteiger partial charge >= 0.3 is 0 Å². The zero-order chi connectivity index (χ0) is 10.4. The minimum Gasteiger partial charge on any atom is -0.376 e. The smallest absolute Gasteiger partial charge is 0.0789 e. The summed E-state index contributed by atoms with van der Waals surface area (Å²) in [6.07, 6.45) is 4.36. The van der Waals surface area contributed by atoms with Crippen LogP contribution in [-0.4, -0.2) is 42.8 Å². The van der Waals surface area contributed by atoms with Crippen molar-refractivity contribution in [2.45, 2.75) is 44.4 Å². The molecule has 3 nitrogen and oxygen atoms in total. The Hall–Kier alpha value is -0.120. The zero-order valence-electron chi connectivity index (χ0n) is 9.56. The summed E-state index contributed by atoms with van der Waals surface area (Å²) in [7, 11) is 0. The van der Waals surface area contributed by atoms with Crippen LogP contribution in [0.4, 0.5) is 0 Å². The van der Waals surface area contributed by atoms with Crippen LogP contribution in [-0.2, 0) is 4.74 Å². The van der Waals surface area contributed by atoms with E-state index in [4.69, 9.17) is 10.5 Å². The molecule has 4 atom stereocenters. The largest absolute Gasteiger partial charge is 0.376 e. The van der Waals surface area contributed by atoms with Gasteiger partial charge in [0.1, 0.15) is 0 Å². The van der Waals surface area contributed by atoms with Gasteiger partial charge in [-0.15, -0.1) is 0 Å². The Kier molecular flexibility index (Phi) is 2.49. The van der Waals surface area contributed by atoms with E-state index in [9.17, 15) is 0 Å². The lowest BCUT2D eigenvalue weighted by molar-refractivity contribution is -0.109. The van der Waals surface area contributed by atoms with Crippen LogP contribution < -0.4 is 5.73 Å². The predicted octanol–water partition coefficient (Wildman–Crippen LogP) is 0.833. The average molecular weight is 210 g/mol. The Labute approximate surface area is 91.9 Å². The van der Waals surface area contributed by atoms with E-state index in [1.165, 1.54) is 32.4 Å². The molecule has 1 saturated carbocycles. The molecule has 0 bridgehead atoms. The number of rotatable bonds is 3. The number of hydrogen-bond donors (Lipinski definition) is 1. The normalized spacial score (nSPS) is 46.0. The number of likely N-dealkylation sites (tertiary alicyclic amines) is 1. The minimum atomic E-state index is 0.389. The minimum absolute atomic E-state index is 0.389. The van der Waals surface area contributed by atoms with Gasteiger partial charge < -0.3 is 10.5 Å². The van der Waals surface area contributed by atoms with Crippen LogP contribution in [0.5, 0.6) is 0 Å². The molecule has 4 unspecified atom stereocenters. The summed E-state index contributed by atoms with van der Waals surface area (Å²) in [5, 5.41) is 0. The van der Waals surface area contributed by atoms with Crippen molar-refractivity contribution in [3.63, 3.8) is 0 Å². The van der Waals surface area contributed by atoms with E-state index in [2.05, 4.69) is 11.8 Å². The first-order chi connectivity index (χ1) is 7.31. The molecule has 3 heteroatoms. The van der Waals surface area contributed by atoms with Gasteiger partial charge in [-0.25, -0.2) is 0 Å². The van der Waals surface area contributed by atoms with Gasteiger partial charge in [-0.1, -0.05) is 13.3 Å². The van der Waals surface area contributed by atoms with Crippen LogP contribution in [0, 0.1) is 11.8 Å². The van der Waals surface area contributed by atoms with Crippen LogP contribution >= 0.6 is 0 Å². The topological polar surface area (TPSA) is 38.5 Å². The summed E-state index contributed by atoms with van der Waals surface area (Å²) in [4.78, 5) is 2.55. The maximum Gasteiger partial charge on any atom is 0.0789 e. The zero-order valence-corrected chi connectivity index (χ0v) is 9.56. The molecule has 3 rings (SSSR count). The molecule has 15 heavy (non-hydrogen) atoms. The lowest BCUT2D eigenvalue weighted by atomic mass is 9.69. The van der Waals surface area contributed by atoms with Crippen molar-refractivity contribution >= 4 is 0 Å². The molecule has 0 aromatic carbocycles. The summed E-state index contributed by atoms with van der Waals surface area (Å²) in [5.41, 5.74) is 6.22. The second kappa shape index (κ2) is 3.72. The molecule has 0 amide bonds. The van der Waals surface area contributed by atoms with Crippen molar-refractivity contribution in [3.8, 4) is 0 Å². The van der Waals surface area contributed by atoms with E-state index in [1.807, 2.05) is 0 Å². The Morgan fingerprint density at radius 2 is 2.20 bits per heavy atom. The molecule has 0 radical (unpaired) electrons. The fourth-order valence-electron chi connectivity index (χ4n) is 3.61. The quantitative estimate of drug-likeness (QED) is 0.750. The molecule has 3 fully saturated rings. The highest BCUT2D eigenvalue weighted by molar-refractivity contribution is 5.11. The van der Waals surface area contributed by atoms with Gasteiger partial charge in [-0.05, 0) is 18.8 Å². The molecule has 3 aliphatic rings. The Balaban J connectivity index is 1.53. The second-order valence-electron chi connectivity index (χ2n) is 5.46. The van der Waals surface area contributed by atoms with E-state index in [-0.39, 0.29) is 0 Å². The first-order valence-electron chi connectivity index (χ1n) is 6.42. The summed E-state index contributed by atoms with van der Waals surface area (Å²) in [6.45, 7) is 5.73. The number of nitrogens with two attached hydrogens (primary N) is 1. The van der Waals surface area contributed by atoms with E-state index >= 15 is 0 Å². The van der Waals surface area contributed by atoms with Gasteiger partial charge in [-0.3, -0.25) is 4.90 Å². The van der Waals surface area contributed by atoms with Crippen LogP contribution in [0.15, 0.2) is 0 Å². The van der Waals surface area contributed by atoms with Crippen LogP contribution in [0.3, 0.4) is 0 Å². The molecule has 0 aromatic heterocycles. The monoisotopic (exact) mass is 210 g/mol. The van der Waals surface area contributed by atoms with Gasteiger partial charge in [0.15, 0.2) is 0 Å². The highest BCUT2D eigenvalue weighted by Gasteiger charge is 2.56. The summed E-state index contributed by atoms with van der Waals surface area (Å²) >= 11 is 0. The molecule has 2 aliphatic heterocycles. The van der Waals surface area contributed by atoms with Crippen molar-refractivity contribution in [1.82, 2.24) is 4.90 Å². The number of fused-ring (bicyclic) bond motifs is 1. The van der Waals surface area contributed by atoms with E-state index < -0.39 is 0 Å². The molecule has 0 aromatic rings. The average Bonchev–Trinajstić information content (AvgIpc) is 2.58. The summed E-state index contributed by atoms with van der Waals surface area (Å²) in [6, 6.07) is 0.936. The van der Waals surface area contributed by atoms with Crippen LogP contribution in [0.1, 0.15) is 26.2 Å². The predicted molar refractivity (Wildman–Crippen MR) is 59.6 cm³/mol. The van der Waals surface area contributed by atoms with E-state index in [0.717, 1.165) is 12.5 Å².